The second-order valence-electron chi connectivity index (χ2n) is 7.00. The van der Waals surface area contributed by atoms with Crippen LogP contribution in [0.2, 0.25) is 0 Å². The van der Waals surface area contributed by atoms with E-state index in [1.807, 2.05) is 29.6 Å². The van der Waals surface area contributed by atoms with E-state index < -0.39 is 0 Å². The zero-order chi connectivity index (χ0) is 21.6. The number of nitrogens with zero attached hydrogens (tertiary/aromatic N) is 1. The lowest BCUT2D eigenvalue weighted by atomic mass is 10.1. The molecule has 1 fully saturated rings. The summed E-state index contributed by atoms with van der Waals surface area (Å²) in [6.45, 7) is 1.20. The molecule has 3 aromatic rings. The lowest BCUT2D eigenvalue weighted by molar-refractivity contribution is 0.0673. The average molecular weight is 441 g/mol. The minimum atomic E-state index is -0.273. The zero-order valence-corrected chi connectivity index (χ0v) is 18.2. The number of thiazole rings is 1. The summed E-state index contributed by atoms with van der Waals surface area (Å²) in [5.41, 5.74) is 1.99. The Morgan fingerprint density at radius 2 is 2.06 bits per heavy atom. The molecule has 0 spiro atoms. The van der Waals surface area contributed by atoms with Gasteiger partial charge in [-0.2, -0.15) is 0 Å². The molecule has 1 unspecified atom stereocenters. The predicted octanol–water partition coefficient (Wildman–Crippen LogP) is 4.64. The first kappa shape index (κ1) is 21.1. The molecule has 0 radical (unpaired) electrons. The number of hydrogen-bond donors (Lipinski definition) is 1. The summed E-state index contributed by atoms with van der Waals surface area (Å²) in [6, 6.07) is 12.7. The molecule has 1 aliphatic heterocycles. The smallest absolute Gasteiger partial charge is 0.261 e. The largest absolute Gasteiger partial charge is 0.497 e. The summed E-state index contributed by atoms with van der Waals surface area (Å²) in [4.78, 5) is 17.4. The van der Waals surface area contributed by atoms with Crippen LogP contribution < -0.4 is 19.5 Å². The number of carbonyl (C=O) groups excluding carboxylic acids is 1. The lowest BCUT2D eigenvalue weighted by Crippen LogP contribution is -2.19. The molecule has 7 nitrogen and oxygen atoms in total. The van der Waals surface area contributed by atoms with E-state index in [2.05, 4.69) is 10.3 Å². The second-order valence-corrected chi connectivity index (χ2v) is 7.86. The van der Waals surface area contributed by atoms with Gasteiger partial charge in [-0.1, -0.05) is 12.1 Å². The van der Waals surface area contributed by atoms with E-state index in [1.165, 1.54) is 11.3 Å². The van der Waals surface area contributed by atoms with Gasteiger partial charge in [0.1, 0.15) is 23.9 Å². The van der Waals surface area contributed by atoms with Crippen molar-refractivity contribution in [1.29, 1.82) is 0 Å². The highest BCUT2D eigenvalue weighted by molar-refractivity contribution is 7.14. The Kier molecular flexibility index (Phi) is 6.69. The van der Waals surface area contributed by atoms with Crippen LogP contribution in [0, 0.1) is 0 Å². The number of methoxy groups -OCH3 is 2. The number of anilines is 1. The van der Waals surface area contributed by atoms with E-state index in [0.717, 1.165) is 25.0 Å². The molecular weight excluding hydrogens is 416 g/mol. The van der Waals surface area contributed by atoms with Crippen LogP contribution in [0.1, 0.15) is 23.2 Å². The summed E-state index contributed by atoms with van der Waals surface area (Å²) in [7, 11) is 3.20. The summed E-state index contributed by atoms with van der Waals surface area (Å²) in [5, 5.41) is 5.24. The van der Waals surface area contributed by atoms with Crippen LogP contribution in [0.25, 0.3) is 11.3 Å². The zero-order valence-electron chi connectivity index (χ0n) is 17.4. The minimum Gasteiger partial charge on any atom is -0.497 e. The van der Waals surface area contributed by atoms with Gasteiger partial charge in [0.25, 0.3) is 5.91 Å². The molecule has 8 heteroatoms. The fourth-order valence-electron chi connectivity index (χ4n) is 3.37. The molecule has 1 amide bonds. The highest BCUT2D eigenvalue weighted by atomic mass is 32.1. The highest BCUT2D eigenvalue weighted by Crippen LogP contribution is 2.35. The Morgan fingerprint density at radius 1 is 1.19 bits per heavy atom. The number of rotatable bonds is 8. The standard InChI is InChI=1S/C23H24N2O5S/c1-27-15-9-10-17(21(12-15)28-2)19-14-31-23(24-19)25-22(26)18-7-3-4-8-20(18)30-13-16-6-5-11-29-16/h3-4,7-10,12,14,16H,5-6,11,13H2,1-2H3,(H,24,25,26). The van der Waals surface area contributed by atoms with Crippen molar-refractivity contribution in [3.05, 3.63) is 53.4 Å². The monoisotopic (exact) mass is 440 g/mol. The molecule has 4 rings (SSSR count). The maximum atomic E-state index is 12.9. The van der Waals surface area contributed by atoms with Gasteiger partial charge in [-0.05, 0) is 37.1 Å². The van der Waals surface area contributed by atoms with Gasteiger partial charge in [-0.3, -0.25) is 10.1 Å². The van der Waals surface area contributed by atoms with Gasteiger partial charge in [0.05, 0.1) is 31.6 Å². The Labute approximate surface area is 184 Å². The predicted molar refractivity (Wildman–Crippen MR) is 120 cm³/mol. The average Bonchev–Trinajstić information content (AvgIpc) is 3.49. The Bertz CT molecular complexity index is 1050. The maximum Gasteiger partial charge on any atom is 0.261 e. The van der Waals surface area contributed by atoms with Crippen LogP contribution in [0.15, 0.2) is 47.8 Å². The fraction of sp³-hybridized carbons (Fsp3) is 0.304. The molecule has 2 aromatic carbocycles. The van der Waals surface area contributed by atoms with E-state index in [-0.39, 0.29) is 12.0 Å². The molecule has 2 heterocycles. The molecular formula is C23H24N2O5S. The quantitative estimate of drug-likeness (QED) is 0.550. The summed E-state index contributed by atoms with van der Waals surface area (Å²) in [5.74, 6) is 1.61. The van der Waals surface area contributed by atoms with Crippen LogP contribution in [0.5, 0.6) is 17.2 Å². The van der Waals surface area contributed by atoms with E-state index in [9.17, 15) is 4.79 Å². The molecule has 1 saturated heterocycles. The van der Waals surface area contributed by atoms with Crippen LogP contribution in [0.4, 0.5) is 5.13 Å². The number of hydrogen-bond acceptors (Lipinski definition) is 7. The van der Waals surface area contributed by atoms with Crippen molar-refractivity contribution in [2.75, 3.05) is 32.8 Å². The molecule has 1 atom stereocenters. The van der Waals surface area contributed by atoms with Gasteiger partial charge in [0, 0.05) is 23.6 Å². The molecule has 31 heavy (non-hydrogen) atoms. The van der Waals surface area contributed by atoms with Gasteiger partial charge in [-0.15, -0.1) is 11.3 Å². The lowest BCUT2D eigenvalue weighted by Gasteiger charge is -2.14. The van der Waals surface area contributed by atoms with Crippen LogP contribution >= 0.6 is 11.3 Å². The van der Waals surface area contributed by atoms with Gasteiger partial charge < -0.3 is 18.9 Å². The third-order valence-electron chi connectivity index (χ3n) is 4.99. The Morgan fingerprint density at radius 3 is 2.84 bits per heavy atom. The molecule has 0 aliphatic carbocycles. The van der Waals surface area contributed by atoms with Gasteiger partial charge in [-0.25, -0.2) is 4.98 Å². The molecule has 1 N–H and O–H groups in total. The van der Waals surface area contributed by atoms with E-state index in [1.54, 1.807) is 32.4 Å². The first-order valence-electron chi connectivity index (χ1n) is 10.0. The maximum absolute atomic E-state index is 12.9. The Balaban J connectivity index is 1.47. The van der Waals surface area contributed by atoms with Gasteiger partial charge >= 0.3 is 0 Å². The number of aromatic nitrogens is 1. The molecule has 162 valence electrons. The second kappa shape index (κ2) is 9.80. The molecule has 1 aliphatic rings. The number of amides is 1. The first-order chi connectivity index (χ1) is 15.2. The van der Waals surface area contributed by atoms with Crippen LogP contribution in [0.3, 0.4) is 0 Å². The van der Waals surface area contributed by atoms with E-state index in [4.69, 9.17) is 18.9 Å². The van der Waals surface area contributed by atoms with Crippen molar-refractivity contribution in [2.24, 2.45) is 0 Å². The normalized spacial score (nSPS) is 15.5. The van der Waals surface area contributed by atoms with Crippen molar-refractivity contribution < 1.29 is 23.7 Å². The summed E-state index contributed by atoms with van der Waals surface area (Å²) in [6.07, 6.45) is 2.10. The van der Waals surface area contributed by atoms with Crippen molar-refractivity contribution in [1.82, 2.24) is 4.98 Å². The Hall–Kier alpha value is -3.10. The SMILES string of the molecule is COc1ccc(-c2csc(NC(=O)c3ccccc3OCC3CCCO3)n2)c(OC)c1. The van der Waals surface area contributed by atoms with Crippen LogP contribution in [-0.2, 0) is 4.74 Å². The summed E-state index contributed by atoms with van der Waals surface area (Å²) >= 11 is 1.35. The number of ether oxygens (including phenoxy) is 4. The summed E-state index contributed by atoms with van der Waals surface area (Å²) < 4.78 is 22.2. The van der Waals surface area contributed by atoms with Gasteiger partial charge in [0.15, 0.2) is 5.13 Å². The topological polar surface area (TPSA) is 78.9 Å². The van der Waals surface area contributed by atoms with E-state index in [0.29, 0.717) is 40.2 Å². The fourth-order valence-corrected chi connectivity index (χ4v) is 4.07. The number of benzene rings is 2. The minimum absolute atomic E-state index is 0.0807. The molecule has 0 bridgehead atoms. The molecule has 0 saturated carbocycles. The first-order valence-corrected chi connectivity index (χ1v) is 10.9. The highest BCUT2D eigenvalue weighted by Gasteiger charge is 2.19. The van der Waals surface area contributed by atoms with Crippen molar-refractivity contribution in [2.45, 2.75) is 18.9 Å². The van der Waals surface area contributed by atoms with Crippen LogP contribution in [-0.4, -0.2) is 44.4 Å². The molecule has 1 aromatic heterocycles. The van der Waals surface area contributed by atoms with Crippen molar-refractivity contribution in [3.8, 4) is 28.5 Å². The van der Waals surface area contributed by atoms with Crippen molar-refractivity contribution in [3.63, 3.8) is 0 Å². The van der Waals surface area contributed by atoms with E-state index >= 15 is 0 Å². The number of carbonyl (C=O) groups is 1. The number of nitrogens with one attached hydrogen (secondary N) is 1. The number of para-hydroxylation sites is 1. The van der Waals surface area contributed by atoms with Crippen molar-refractivity contribution >= 4 is 22.4 Å². The van der Waals surface area contributed by atoms with Gasteiger partial charge in [0.2, 0.25) is 0 Å². The third-order valence-corrected chi connectivity index (χ3v) is 5.75. The third kappa shape index (κ3) is 4.98.